The van der Waals surface area contributed by atoms with Crippen LogP contribution in [0.5, 0.6) is 5.75 Å². The van der Waals surface area contributed by atoms with Gasteiger partial charge in [-0.2, -0.15) is 0 Å². The van der Waals surface area contributed by atoms with Crippen LogP contribution in [0.25, 0.3) is 22.1 Å². The number of hydrogen-bond acceptors (Lipinski definition) is 8. The lowest BCUT2D eigenvalue weighted by Crippen LogP contribution is -2.56. The zero-order valence-corrected chi connectivity index (χ0v) is 27.9. The summed E-state index contributed by atoms with van der Waals surface area (Å²) in [5.74, 6) is -3.00. The molecule has 0 aliphatic rings. The Morgan fingerprint density at radius 2 is 1.57 bits per heavy atom. The number of hydrogen-bond donors (Lipinski definition) is 3. The lowest BCUT2D eigenvalue weighted by Gasteiger charge is -2.30. The highest BCUT2D eigenvalue weighted by Gasteiger charge is 2.40. The Labute approximate surface area is 273 Å². The fraction of sp³-hybridized carbons (Fsp3) is 0.324. The number of amides is 2. The van der Waals surface area contributed by atoms with Gasteiger partial charge in [-0.25, -0.2) is 13.2 Å². The van der Waals surface area contributed by atoms with E-state index in [2.05, 4.69) is 10.7 Å². The normalized spacial score (nSPS) is 12.6. The maximum atomic E-state index is 13.9. The second-order valence-corrected chi connectivity index (χ2v) is 13.9. The summed E-state index contributed by atoms with van der Waals surface area (Å²) in [6.45, 7) is 10.2. The van der Waals surface area contributed by atoms with Gasteiger partial charge < -0.3 is 24.3 Å². The number of nitrogens with one attached hydrogen (secondary N) is 2. The van der Waals surface area contributed by atoms with E-state index in [4.69, 9.17) is 13.9 Å². The third kappa shape index (κ3) is 8.29. The molecule has 4 aromatic rings. The molecule has 0 saturated heterocycles. The van der Waals surface area contributed by atoms with Gasteiger partial charge in [-0.1, -0.05) is 66.8 Å². The fourth-order valence-electron chi connectivity index (χ4n) is 4.88. The van der Waals surface area contributed by atoms with Crippen molar-refractivity contribution in [1.29, 1.82) is 0 Å². The zero-order valence-electron chi connectivity index (χ0n) is 27.1. The van der Waals surface area contributed by atoms with E-state index in [9.17, 15) is 27.9 Å². The van der Waals surface area contributed by atoms with Crippen LogP contribution in [0.3, 0.4) is 0 Å². The summed E-state index contributed by atoms with van der Waals surface area (Å²) < 4.78 is 45.3. The van der Waals surface area contributed by atoms with Gasteiger partial charge in [0.15, 0.2) is 5.76 Å². The van der Waals surface area contributed by atoms with Crippen LogP contribution in [0.2, 0.25) is 0 Å². The number of furan rings is 1. The van der Waals surface area contributed by atoms with Crippen LogP contribution in [-0.2, 0) is 19.6 Å². The fourth-order valence-corrected chi connectivity index (χ4v) is 6.42. The van der Waals surface area contributed by atoms with Crippen molar-refractivity contribution in [2.24, 2.45) is 5.92 Å². The Bertz CT molecular complexity index is 1850. The number of carbonyl (C=O) groups excluding carboxylic acids is 2. The molecule has 12 nitrogen and oxygen atoms in total. The monoisotopic (exact) mass is 665 g/mol. The lowest BCUT2D eigenvalue weighted by molar-refractivity contribution is -0.143. The summed E-state index contributed by atoms with van der Waals surface area (Å²) in [6.07, 6.45) is -0.592. The van der Waals surface area contributed by atoms with Crippen molar-refractivity contribution in [2.75, 3.05) is 13.2 Å². The number of sulfonamides is 1. The van der Waals surface area contributed by atoms with Gasteiger partial charge in [0.05, 0.1) is 16.8 Å². The number of aryl methyl sites for hydroxylation is 1. The predicted molar refractivity (Wildman–Crippen MR) is 175 cm³/mol. The minimum Gasteiger partial charge on any atom is -0.491 e. The number of carbonyl (C=O) groups is 3. The molecule has 0 bridgehead atoms. The van der Waals surface area contributed by atoms with E-state index >= 15 is 0 Å². The van der Waals surface area contributed by atoms with Crippen LogP contribution in [0, 0.1) is 12.8 Å². The highest BCUT2D eigenvalue weighted by Crippen LogP contribution is 2.34. The molecule has 250 valence electrons. The van der Waals surface area contributed by atoms with E-state index in [0.29, 0.717) is 21.1 Å². The number of rotatable bonds is 12. The number of carboxylic acids is 1. The van der Waals surface area contributed by atoms with Crippen molar-refractivity contribution in [3.8, 4) is 16.9 Å². The second-order valence-electron chi connectivity index (χ2n) is 12.1. The number of benzene rings is 3. The molecule has 1 atom stereocenters. The summed E-state index contributed by atoms with van der Waals surface area (Å²) in [5, 5.41) is 13.1. The van der Waals surface area contributed by atoms with Crippen LogP contribution in [0.15, 0.2) is 82.1 Å². The molecular weight excluding hydrogens is 626 g/mol. The van der Waals surface area contributed by atoms with Gasteiger partial charge in [0.25, 0.3) is 10.0 Å². The maximum Gasteiger partial charge on any atom is 0.407 e. The molecule has 1 aromatic heterocycles. The van der Waals surface area contributed by atoms with Gasteiger partial charge in [-0.3, -0.25) is 15.0 Å². The summed E-state index contributed by atoms with van der Waals surface area (Å²) in [5.41, 5.74) is 3.92. The molecule has 2 amide bonds. The van der Waals surface area contributed by atoms with Gasteiger partial charge in [0, 0.05) is 5.56 Å². The lowest BCUT2D eigenvalue weighted by atomic mass is 10.1. The molecule has 3 N–H and O–H groups in total. The Morgan fingerprint density at radius 1 is 0.936 bits per heavy atom. The minimum atomic E-state index is -4.57. The summed E-state index contributed by atoms with van der Waals surface area (Å²) in [4.78, 5) is 37.8. The number of aliphatic carboxylic acids is 1. The van der Waals surface area contributed by atoms with Crippen LogP contribution in [-0.4, -0.2) is 60.7 Å². The first-order valence-corrected chi connectivity index (χ1v) is 16.4. The standard InChI is InChI=1S/C34H39N3O9S/c1-21(2)29(32(39)40)37(47(42,43)25-17-15-24(16-18-25)23-11-8-7-9-12-23)36-31(38)30-22(3)28-26(13-10-14-27(28)45-30)44-20-19-35-33(41)46-34(4,5)6/h7-18,21,29H,19-20H2,1-6H3,(H,35,41)(H,36,38)(H,39,40). The SMILES string of the molecule is Cc1c(C(=O)NN(C(C(=O)O)C(C)C)S(=O)(=O)c2ccc(-c3ccccc3)cc2)oc2cccc(OCCNC(=O)OC(C)(C)C)c12. The van der Waals surface area contributed by atoms with Crippen molar-refractivity contribution >= 4 is 39.0 Å². The molecule has 0 aliphatic carbocycles. The molecule has 1 heterocycles. The Kier molecular flexibility index (Phi) is 10.6. The van der Waals surface area contributed by atoms with Gasteiger partial charge in [-0.05, 0) is 69.0 Å². The Hall–Kier alpha value is -4.88. The zero-order chi connectivity index (χ0) is 34.5. The molecule has 3 aromatic carbocycles. The largest absolute Gasteiger partial charge is 0.491 e. The molecule has 0 radical (unpaired) electrons. The van der Waals surface area contributed by atoms with E-state index in [1.54, 1.807) is 71.9 Å². The summed E-state index contributed by atoms with van der Waals surface area (Å²) >= 11 is 0. The topological polar surface area (TPSA) is 164 Å². The summed E-state index contributed by atoms with van der Waals surface area (Å²) in [6, 6.07) is 18.6. The van der Waals surface area contributed by atoms with Crippen molar-refractivity contribution in [3.05, 3.63) is 84.1 Å². The highest BCUT2D eigenvalue weighted by atomic mass is 32.2. The van der Waals surface area contributed by atoms with Crippen LogP contribution < -0.4 is 15.5 Å². The second kappa shape index (κ2) is 14.3. The third-order valence-corrected chi connectivity index (χ3v) is 8.72. The van der Waals surface area contributed by atoms with E-state index in [0.717, 1.165) is 11.1 Å². The molecule has 0 aliphatic heterocycles. The van der Waals surface area contributed by atoms with Crippen molar-refractivity contribution < 1.29 is 41.8 Å². The van der Waals surface area contributed by atoms with Gasteiger partial charge in [0.1, 0.15) is 29.6 Å². The molecule has 13 heteroatoms. The summed E-state index contributed by atoms with van der Waals surface area (Å²) in [7, 11) is -4.57. The molecule has 47 heavy (non-hydrogen) atoms. The first kappa shape index (κ1) is 35.0. The molecule has 4 rings (SSSR count). The van der Waals surface area contributed by atoms with Crippen LogP contribution in [0.1, 0.15) is 50.7 Å². The predicted octanol–water partition coefficient (Wildman–Crippen LogP) is 5.76. The average molecular weight is 666 g/mol. The highest BCUT2D eigenvalue weighted by molar-refractivity contribution is 7.89. The van der Waals surface area contributed by atoms with Crippen molar-refractivity contribution in [1.82, 2.24) is 15.2 Å². The quantitative estimate of drug-likeness (QED) is 0.126. The number of hydrazine groups is 1. The Balaban J connectivity index is 1.60. The number of carboxylic acid groups (broad SMARTS) is 1. The van der Waals surface area contributed by atoms with Gasteiger partial charge in [0.2, 0.25) is 0 Å². The molecule has 0 saturated carbocycles. The van der Waals surface area contributed by atoms with Crippen molar-refractivity contribution in [2.45, 2.75) is 58.1 Å². The van der Waals surface area contributed by atoms with Crippen LogP contribution >= 0.6 is 0 Å². The molecular formula is C34H39N3O9S. The number of fused-ring (bicyclic) bond motifs is 1. The van der Waals surface area contributed by atoms with E-state index < -0.39 is 45.6 Å². The molecule has 0 fully saturated rings. The van der Waals surface area contributed by atoms with E-state index in [1.165, 1.54) is 12.1 Å². The van der Waals surface area contributed by atoms with Crippen molar-refractivity contribution in [3.63, 3.8) is 0 Å². The van der Waals surface area contributed by atoms with Gasteiger partial charge >= 0.3 is 18.0 Å². The van der Waals surface area contributed by atoms with Crippen LogP contribution in [0.4, 0.5) is 4.79 Å². The number of nitrogens with zero attached hydrogens (tertiary/aromatic N) is 1. The first-order valence-electron chi connectivity index (χ1n) is 15.0. The minimum absolute atomic E-state index is 0.0776. The first-order chi connectivity index (χ1) is 22.1. The maximum absolute atomic E-state index is 13.9. The Morgan fingerprint density at radius 3 is 2.17 bits per heavy atom. The number of alkyl carbamates (subject to hydrolysis) is 1. The third-order valence-electron chi connectivity index (χ3n) is 7.02. The van der Waals surface area contributed by atoms with E-state index in [1.807, 2.05) is 30.3 Å². The smallest absolute Gasteiger partial charge is 0.407 e. The van der Waals surface area contributed by atoms with E-state index in [-0.39, 0.29) is 29.4 Å². The van der Waals surface area contributed by atoms with Gasteiger partial charge in [-0.15, -0.1) is 0 Å². The molecule has 0 spiro atoms. The average Bonchev–Trinajstić information content (AvgIpc) is 3.35. The number of ether oxygens (including phenoxy) is 2. The molecule has 1 unspecified atom stereocenters.